The van der Waals surface area contributed by atoms with Gasteiger partial charge in [-0.3, -0.25) is 9.59 Å². The second kappa shape index (κ2) is 4.80. The Hall–Kier alpha value is -1.96. The van der Waals surface area contributed by atoms with E-state index in [4.69, 9.17) is 0 Å². The SMILES string of the molecule is O=C(CCC1=C[C@H]2[C@@H](C1=O)[C@@H]1C=C[C@H]2C1)c1ccccc1. The summed E-state index contributed by atoms with van der Waals surface area (Å²) in [5.74, 6) is 2.04. The van der Waals surface area contributed by atoms with Gasteiger partial charge in [-0.25, -0.2) is 0 Å². The highest BCUT2D eigenvalue weighted by Gasteiger charge is 2.50. The largest absolute Gasteiger partial charge is 0.294 e. The van der Waals surface area contributed by atoms with Crippen molar-refractivity contribution < 1.29 is 9.59 Å². The number of carbonyl (C=O) groups is 2. The van der Waals surface area contributed by atoms with Gasteiger partial charge in [-0.05, 0) is 36.2 Å². The standard InChI is InChI=1S/C19H18O2/c20-17(12-4-2-1-3-5-12)9-8-15-11-16-13-6-7-14(10-13)18(16)19(15)21/h1-7,11,13-14,16,18H,8-10H2/t13-,14+,16+,18-/m0/s1. The third-order valence-electron chi connectivity index (χ3n) is 5.25. The van der Waals surface area contributed by atoms with Crippen LogP contribution in [0.1, 0.15) is 29.6 Å². The van der Waals surface area contributed by atoms with Crippen LogP contribution >= 0.6 is 0 Å². The van der Waals surface area contributed by atoms with E-state index in [9.17, 15) is 9.59 Å². The average Bonchev–Trinajstić information content (AvgIpc) is 3.19. The molecule has 106 valence electrons. The fourth-order valence-corrected chi connectivity index (χ4v) is 4.21. The van der Waals surface area contributed by atoms with Gasteiger partial charge in [0.15, 0.2) is 11.6 Å². The van der Waals surface area contributed by atoms with E-state index in [0.29, 0.717) is 36.4 Å². The number of benzene rings is 1. The number of fused-ring (bicyclic) bond motifs is 5. The molecule has 0 radical (unpaired) electrons. The molecule has 0 aromatic heterocycles. The molecule has 1 aromatic carbocycles. The Kier molecular flexibility index (Phi) is 2.91. The Labute approximate surface area is 124 Å². The number of hydrogen-bond acceptors (Lipinski definition) is 2. The molecule has 0 N–H and O–H groups in total. The number of rotatable bonds is 4. The molecule has 3 aliphatic carbocycles. The lowest BCUT2D eigenvalue weighted by molar-refractivity contribution is -0.119. The molecule has 3 aliphatic rings. The van der Waals surface area contributed by atoms with E-state index in [1.165, 1.54) is 0 Å². The normalized spacial score (nSPS) is 32.4. The summed E-state index contributed by atoms with van der Waals surface area (Å²) in [5.41, 5.74) is 1.64. The minimum atomic E-state index is 0.127. The molecular weight excluding hydrogens is 260 g/mol. The molecule has 2 bridgehead atoms. The van der Waals surface area contributed by atoms with Crippen molar-refractivity contribution in [3.63, 3.8) is 0 Å². The van der Waals surface area contributed by atoms with Crippen LogP contribution in [0.15, 0.2) is 54.1 Å². The first kappa shape index (κ1) is 12.8. The van der Waals surface area contributed by atoms with Crippen molar-refractivity contribution in [3.05, 3.63) is 59.7 Å². The van der Waals surface area contributed by atoms with Crippen LogP contribution in [0.3, 0.4) is 0 Å². The van der Waals surface area contributed by atoms with Crippen molar-refractivity contribution in [2.45, 2.75) is 19.3 Å². The summed E-state index contributed by atoms with van der Waals surface area (Å²) in [5, 5.41) is 0. The van der Waals surface area contributed by atoms with Crippen LogP contribution in [0.5, 0.6) is 0 Å². The maximum Gasteiger partial charge on any atom is 0.163 e. The summed E-state index contributed by atoms with van der Waals surface area (Å²) in [6.45, 7) is 0. The van der Waals surface area contributed by atoms with E-state index in [1.54, 1.807) is 0 Å². The minimum Gasteiger partial charge on any atom is -0.294 e. The molecule has 1 fully saturated rings. The molecule has 1 saturated carbocycles. The molecular formula is C19H18O2. The zero-order valence-electron chi connectivity index (χ0n) is 11.9. The Morgan fingerprint density at radius 1 is 1.10 bits per heavy atom. The van der Waals surface area contributed by atoms with Gasteiger partial charge in [-0.15, -0.1) is 0 Å². The van der Waals surface area contributed by atoms with Crippen LogP contribution in [0.4, 0.5) is 0 Å². The minimum absolute atomic E-state index is 0.127. The monoisotopic (exact) mass is 278 g/mol. The van der Waals surface area contributed by atoms with Crippen LogP contribution < -0.4 is 0 Å². The first-order chi connectivity index (χ1) is 10.2. The predicted octanol–water partition coefficient (Wildman–Crippen LogP) is 3.60. The van der Waals surface area contributed by atoms with E-state index in [0.717, 1.165) is 17.6 Å². The van der Waals surface area contributed by atoms with Crippen molar-refractivity contribution in [2.75, 3.05) is 0 Å². The van der Waals surface area contributed by atoms with Gasteiger partial charge in [0.2, 0.25) is 0 Å². The predicted molar refractivity (Wildman–Crippen MR) is 80.8 cm³/mol. The highest BCUT2D eigenvalue weighted by Crippen LogP contribution is 2.53. The quantitative estimate of drug-likeness (QED) is 0.623. The molecule has 4 rings (SSSR count). The lowest BCUT2D eigenvalue weighted by Gasteiger charge is -2.17. The lowest BCUT2D eigenvalue weighted by atomic mass is 9.85. The average molecular weight is 278 g/mol. The number of ketones is 2. The summed E-state index contributed by atoms with van der Waals surface area (Å²) < 4.78 is 0. The molecule has 2 heteroatoms. The first-order valence-electron chi connectivity index (χ1n) is 7.75. The third-order valence-corrected chi connectivity index (χ3v) is 5.25. The molecule has 0 amide bonds. The number of hydrogen-bond donors (Lipinski definition) is 0. The third kappa shape index (κ3) is 2.01. The Morgan fingerprint density at radius 2 is 1.86 bits per heavy atom. The van der Waals surface area contributed by atoms with Crippen molar-refractivity contribution in [3.8, 4) is 0 Å². The Balaban J connectivity index is 1.44. The van der Waals surface area contributed by atoms with E-state index in [-0.39, 0.29) is 11.7 Å². The van der Waals surface area contributed by atoms with Gasteiger partial charge in [-0.2, -0.15) is 0 Å². The second-order valence-corrected chi connectivity index (χ2v) is 6.40. The fourth-order valence-electron chi connectivity index (χ4n) is 4.21. The van der Waals surface area contributed by atoms with Gasteiger partial charge < -0.3 is 0 Å². The summed E-state index contributed by atoms with van der Waals surface area (Å²) in [6.07, 6.45) is 8.83. The van der Waals surface area contributed by atoms with E-state index in [2.05, 4.69) is 18.2 Å². The second-order valence-electron chi connectivity index (χ2n) is 6.40. The van der Waals surface area contributed by atoms with E-state index < -0.39 is 0 Å². The Bertz CT molecular complexity index is 653. The number of Topliss-reactive ketones (excluding diaryl/α,β-unsaturated/α-hetero) is 2. The molecule has 4 atom stereocenters. The number of carbonyl (C=O) groups excluding carboxylic acids is 2. The van der Waals surface area contributed by atoms with Crippen LogP contribution in [-0.4, -0.2) is 11.6 Å². The molecule has 2 nitrogen and oxygen atoms in total. The van der Waals surface area contributed by atoms with Crippen molar-refractivity contribution >= 4 is 11.6 Å². The van der Waals surface area contributed by atoms with Gasteiger partial charge in [0.25, 0.3) is 0 Å². The number of allylic oxidation sites excluding steroid dienone is 4. The van der Waals surface area contributed by atoms with Crippen LogP contribution in [0.2, 0.25) is 0 Å². The topological polar surface area (TPSA) is 34.1 Å². The smallest absolute Gasteiger partial charge is 0.163 e. The van der Waals surface area contributed by atoms with Crippen LogP contribution in [0, 0.1) is 23.7 Å². The van der Waals surface area contributed by atoms with Crippen molar-refractivity contribution in [1.82, 2.24) is 0 Å². The van der Waals surface area contributed by atoms with Gasteiger partial charge in [0.05, 0.1) is 0 Å². The van der Waals surface area contributed by atoms with Crippen molar-refractivity contribution in [2.24, 2.45) is 23.7 Å². The van der Waals surface area contributed by atoms with Gasteiger partial charge in [0.1, 0.15) is 0 Å². The molecule has 0 heterocycles. The molecule has 21 heavy (non-hydrogen) atoms. The highest BCUT2D eigenvalue weighted by molar-refractivity contribution is 6.02. The first-order valence-corrected chi connectivity index (χ1v) is 7.75. The van der Waals surface area contributed by atoms with E-state index in [1.807, 2.05) is 30.3 Å². The molecule has 1 aromatic rings. The molecule has 0 unspecified atom stereocenters. The van der Waals surface area contributed by atoms with E-state index >= 15 is 0 Å². The summed E-state index contributed by atoms with van der Waals surface area (Å²) in [7, 11) is 0. The van der Waals surface area contributed by atoms with Crippen molar-refractivity contribution in [1.29, 1.82) is 0 Å². The Morgan fingerprint density at radius 3 is 2.62 bits per heavy atom. The zero-order chi connectivity index (χ0) is 14.4. The molecule has 0 saturated heterocycles. The van der Waals surface area contributed by atoms with Gasteiger partial charge in [-0.1, -0.05) is 48.6 Å². The summed E-state index contributed by atoms with van der Waals surface area (Å²) >= 11 is 0. The van der Waals surface area contributed by atoms with Gasteiger partial charge >= 0.3 is 0 Å². The lowest BCUT2D eigenvalue weighted by Crippen LogP contribution is -2.21. The maximum atomic E-state index is 12.5. The zero-order valence-corrected chi connectivity index (χ0v) is 11.9. The highest BCUT2D eigenvalue weighted by atomic mass is 16.1. The molecule has 0 aliphatic heterocycles. The van der Waals surface area contributed by atoms with Crippen LogP contribution in [-0.2, 0) is 4.79 Å². The maximum absolute atomic E-state index is 12.5. The van der Waals surface area contributed by atoms with Gasteiger partial charge in [0, 0.05) is 17.9 Å². The molecule has 0 spiro atoms. The summed E-state index contributed by atoms with van der Waals surface area (Å²) in [4.78, 5) is 24.7. The summed E-state index contributed by atoms with van der Waals surface area (Å²) in [6, 6.07) is 9.34. The fraction of sp³-hybridized carbons (Fsp3) is 0.368. The van der Waals surface area contributed by atoms with Crippen LogP contribution in [0.25, 0.3) is 0 Å².